The lowest BCUT2D eigenvalue weighted by atomic mass is 10.0. The van der Waals surface area contributed by atoms with Crippen molar-refractivity contribution in [3.63, 3.8) is 0 Å². The minimum absolute atomic E-state index is 0.549. The van der Waals surface area contributed by atoms with Crippen LogP contribution in [0.5, 0.6) is 0 Å². The number of esters is 1. The van der Waals surface area contributed by atoms with Crippen LogP contribution in [0.2, 0.25) is 0 Å². The predicted octanol–water partition coefficient (Wildman–Crippen LogP) is -5.13. The van der Waals surface area contributed by atoms with E-state index in [2.05, 4.69) is 4.74 Å². The summed E-state index contributed by atoms with van der Waals surface area (Å²) in [5.74, 6) is -2.04. The van der Waals surface area contributed by atoms with Crippen LogP contribution >= 0.6 is 0 Å². The molecule has 0 aliphatic rings. The van der Waals surface area contributed by atoms with E-state index in [1.165, 1.54) is 0 Å². The van der Waals surface area contributed by atoms with Crippen LogP contribution < -0.4 is 5.73 Å². The fourth-order valence-corrected chi connectivity index (χ4v) is 1.37. The predicted molar refractivity (Wildman–Crippen MR) is 73.0 cm³/mol. The molecule has 1 unspecified atom stereocenters. The fourth-order valence-electron chi connectivity index (χ4n) is 1.37. The molecular weight excluding hydrogens is 318 g/mol. The van der Waals surface area contributed by atoms with Gasteiger partial charge in [0.25, 0.3) is 0 Å². The first-order chi connectivity index (χ1) is 10.8. The zero-order chi connectivity index (χ0) is 18.0. The van der Waals surface area contributed by atoms with E-state index in [4.69, 9.17) is 25.8 Å². The second-order valence-electron chi connectivity index (χ2n) is 4.69. The third-order valence-corrected chi connectivity index (χ3v) is 2.74. The summed E-state index contributed by atoms with van der Waals surface area (Å²) in [5.41, 5.74) is 5.17. The third-order valence-electron chi connectivity index (χ3n) is 2.74. The Morgan fingerprint density at radius 2 is 1.61 bits per heavy atom. The van der Waals surface area contributed by atoms with Gasteiger partial charge in [0.05, 0.1) is 26.4 Å². The topological polar surface area (TPSA) is 200 Å². The van der Waals surface area contributed by atoms with E-state index >= 15 is 0 Å². The van der Waals surface area contributed by atoms with Crippen LogP contribution in [-0.4, -0.2) is 106 Å². The van der Waals surface area contributed by atoms with Gasteiger partial charge in [-0.3, -0.25) is 9.59 Å². The molecule has 0 bridgehead atoms. The standard InChI is InChI=1S/C12H23NO10/c13-7(2-15)12(21)23-5-9(19)11(10(20)8(18)3-16)22-4-6(17)1-14/h6-8,10-11,14-18,20H,1-5,13H2/t6?,7-,8+,10+,11+/m0/s1. The SMILES string of the molecule is N[C@@H](CO)C(=O)OCC(=O)[C@@H](OCC(O)CO)[C@H](O)[C@H](O)CO. The minimum Gasteiger partial charge on any atom is -0.456 e. The second-order valence-corrected chi connectivity index (χ2v) is 4.69. The van der Waals surface area contributed by atoms with E-state index in [9.17, 15) is 24.9 Å². The van der Waals surface area contributed by atoms with Crippen molar-refractivity contribution in [3.8, 4) is 0 Å². The van der Waals surface area contributed by atoms with Gasteiger partial charge in [-0.1, -0.05) is 0 Å². The van der Waals surface area contributed by atoms with Gasteiger partial charge in [0.2, 0.25) is 5.78 Å². The van der Waals surface area contributed by atoms with Gasteiger partial charge in [0.1, 0.15) is 30.5 Å². The Labute approximate surface area is 131 Å². The van der Waals surface area contributed by atoms with Crippen LogP contribution in [-0.2, 0) is 19.1 Å². The molecule has 0 aliphatic carbocycles. The number of ether oxygens (including phenoxy) is 2. The number of aliphatic hydroxyl groups excluding tert-OH is 6. The molecule has 8 N–H and O–H groups in total. The number of carbonyl (C=O) groups excluding carboxylic acids is 2. The maximum atomic E-state index is 11.9. The molecule has 0 heterocycles. The minimum atomic E-state index is -1.86. The molecule has 0 amide bonds. The number of ketones is 1. The Balaban J connectivity index is 4.76. The van der Waals surface area contributed by atoms with Crippen molar-refractivity contribution in [3.05, 3.63) is 0 Å². The van der Waals surface area contributed by atoms with Crippen LogP contribution in [0.1, 0.15) is 0 Å². The first-order valence-electron chi connectivity index (χ1n) is 6.71. The second kappa shape index (κ2) is 11.4. The number of hydrogen-bond donors (Lipinski definition) is 7. The molecule has 0 saturated heterocycles. The highest BCUT2D eigenvalue weighted by atomic mass is 16.5. The highest BCUT2D eigenvalue weighted by Gasteiger charge is 2.34. The Hall–Kier alpha value is -1.18. The molecule has 0 fully saturated rings. The number of nitrogens with two attached hydrogens (primary N) is 1. The maximum Gasteiger partial charge on any atom is 0.325 e. The Morgan fingerprint density at radius 1 is 1.00 bits per heavy atom. The third kappa shape index (κ3) is 7.76. The molecule has 136 valence electrons. The van der Waals surface area contributed by atoms with Gasteiger partial charge in [-0.2, -0.15) is 0 Å². The number of carbonyl (C=O) groups is 2. The van der Waals surface area contributed by atoms with Gasteiger partial charge in [0, 0.05) is 0 Å². The molecule has 0 aromatic heterocycles. The van der Waals surface area contributed by atoms with E-state index in [0.29, 0.717) is 0 Å². The van der Waals surface area contributed by atoms with E-state index in [1.807, 2.05) is 0 Å². The van der Waals surface area contributed by atoms with E-state index in [0.717, 1.165) is 0 Å². The molecule has 0 aliphatic heterocycles. The van der Waals surface area contributed by atoms with Crippen molar-refractivity contribution >= 4 is 11.8 Å². The number of hydrogen-bond acceptors (Lipinski definition) is 11. The summed E-state index contributed by atoms with van der Waals surface area (Å²) in [4.78, 5) is 23.2. The van der Waals surface area contributed by atoms with Gasteiger partial charge >= 0.3 is 5.97 Å². The summed E-state index contributed by atoms with van der Waals surface area (Å²) in [7, 11) is 0. The highest BCUT2D eigenvalue weighted by Crippen LogP contribution is 2.08. The van der Waals surface area contributed by atoms with Crippen molar-refractivity contribution in [2.24, 2.45) is 5.73 Å². The average Bonchev–Trinajstić information content (AvgIpc) is 2.57. The molecular formula is C12H23NO10. The first kappa shape index (κ1) is 21.8. The van der Waals surface area contributed by atoms with Gasteiger partial charge in [-0.15, -0.1) is 0 Å². The lowest BCUT2D eigenvalue weighted by Crippen LogP contribution is -2.48. The smallest absolute Gasteiger partial charge is 0.325 e. The lowest BCUT2D eigenvalue weighted by molar-refractivity contribution is -0.163. The van der Waals surface area contributed by atoms with Crippen molar-refractivity contribution in [2.45, 2.75) is 30.5 Å². The molecule has 11 nitrogen and oxygen atoms in total. The van der Waals surface area contributed by atoms with E-state index in [-0.39, 0.29) is 0 Å². The van der Waals surface area contributed by atoms with E-state index < -0.39 is 75.2 Å². The van der Waals surface area contributed by atoms with Gasteiger partial charge in [-0.25, -0.2) is 0 Å². The summed E-state index contributed by atoms with van der Waals surface area (Å²) in [6.45, 7) is -3.65. The summed E-state index contributed by atoms with van der Waals surface area (Å²) in [6, 6.07) is -1.34. The lowest BCUT2D eigenvalue weighted by Gasteiger charge is -2.25. The Morgan fingerprint density at radius 3 is 2.09 bits per heavy atom. The number of Topliss-reactive ketones (excluding diaryl/α,β-unsaturated/α-hetero) is 1. The average molecular weight is 341 g/mol. The summed E-state index contributed by atoms with van der Waals surface area (Å²) in [6.07, 6.45) is -6.64. The summed E-state index contributed by atoms with van der Waals surface area (Å²) in [5, 5.41) is 54.4. The molecule has 0 aromatic carbocycles. The highest BCUT2D eigenvalue weighted by molar-refractivity contribution is 5.87. The molecule has 5 atom stereocenters. The first-order valence-corrected chi connectivity index (χ1v) is 6.71. The van der Waals surface area contributed by atoms with Gasteiger partial charge < -0.3 is 45.8 Å². The monoisotopic (exact) mass is 341 g/mol. The molecule has 23 heavy (non-hydrogen) atoms. The normalized spacial score (nSPS) is 17.9. The van der Waals surface area contributed by atoms with Crippen molar-refractivity contribution < 1.29 is 49.7 Å². The Kier molecular flexibility index (Phi) is 10.8. The quantitative estimate of drug-likeness (QED) is 0.167. The summed E-state index contributed by atoms with van der Waals surface area (Å²) < 4.78 is 9.42. The number of rotatable bonds is 12. The zero-order valence-electron chi connectivity index (χ0n) is 12.3. The van der Waals surface area contributed by atoms with Gasteiger partial charge in [0.15, 0.2) is 6.61 Å². The maximum absolute atomic E-state index is 11.9. The number of aliphatic hydroxyl groups is 6. The van der Waals surface area contributed by atoms with Crippen LogP contribution in [0, 0.1) is 0 Å². The fraction of sp³-hybridized carbons (Fsp3) is 0.833. The van der Waals surface area contributed by atoms with Crippen molar-refractivity contribution in [1.82, 2.24) is 0 Å². The summed E-state index contributed by atoms with van der Waals surface area (Å²) >= 11 is 0. The van der Waals surface area contributed by atoms with Crippen LogP contribution in [0.25, 0.3) is 0 Å². The van der Waals surface area contributed by atoms with Crippen LogP contribution in [0.4, 0.5) is 0 Å². The molecule has 0 aromatic rings. The van der Waals surface area contributed by atoms with E-state index in [1.54, 1.807) is 0 Å². The van der Waals surface area contributed by atoms with Crippen molar-refractivity contribution in [1.29, 1.82) is 0 Å². The molecule has 0 spiro atoms. The molecule has 0 radical (unpaired) electrons. The molecule has 0 saturated carbocycles. The van der Waals surface area contributed by atoms with Crippen LogP contribution in [0.15, 0.2) is 0 Å². The largest absolute Gasteiger partial charge is 0.456 e. The zero-order valence-corrected chi connectivity index (χ0v) is 12.3. The van der Waals surface area contributed by atoms with Crippen LogP contribution in [0.3, 0.4) is 0 Å². The molecule has 11 heteroatoms. The van der Waals surface area contributed by atoms with Crippen molar-refractivity contribution in [2.75, 3.05) is 33.0 Å². The Bertz CT molecular complexity index is 366. The molecule has 0 rings (SSSR count). The van der Waals surface area contributed by atoms with Gasteiger partial charge in [-0.05, 0) is 0 Å².